The summed E-state index contributed by atoms with van der Waals surface area (Å²) in [6, 6.07) is 0.0855. The molecule has 0 aromatic rings. The van der Waals surface area contributed by atoms with Gasteiger partial charge in [0, 0.05) is 18.1 Å². The number of ether oxygens (including phenoxy) is 1. The molecule has 16 heavy (non-hydrogen) atoms. The summed E-state index contributed by atoms with van der Waals surface area (Å²) in [4.78, 5) is 12.3. The van der Waals surface area contributed by atoms with Gasteiger partial charge >= 0.3 is 0 Å². The summed E-state index contributed by atoms with van der Waals surface area (Å²) in [5.74, 6) is 0. The second-order valence-corrected chi connectivity index (χ2v) is 5.34. The molecule has 1 fully saturated rings. The van der Waals surface area contributed by atoms with Crippen molar-refractivity contribution < 1.29 is 14.6 Å². The molecule has 0 aromatic heterocycles. The van der Waals surface area contributed by atoms with E-state index < -0.39 is 11.6 Å². The predicted octanol–water partition coefficient (Wildman–Crippen LogP) is -0.0635. The third-order valence-electron chi connectivity index (χ3n) is 2.82. The lowest BCUT2D eigenvalue weighted by molar-refractivity contribution is -0.272. The molecular weight excluding hydrogens is 208 g/mol. The molecule has 0 bridgehead atoms. The second-order valence-electron chi connectivity index (χ2n) is 5.34. The fraction of sp³-hybridized carbons (Fsp3) is 0.909. The van der Waals surface area contributed by atoms with E-state index in [2.05, 4.69) is 0 Å². The van der Waals surface area contributed by atoms with Crippen LogP contribution in [0.5, 0.6) is 0 Å². The van der Waals surface area contributed by atoms with Crippen molar-refractivity contribution in [2.45, 2.75) is 51.3 Å². The van der Waals surface area contributed by atoms with E-state index in [0.29, 0.717) is 13.2 Å². The minimum Gasteiger partial charge on any atom is -0.530 e. The van der Waals surface area contributed by atoms with Crippen molar-refractivity contribution in [1.29, 1.82) is 0 Å². The molecule has 94 valence electrons. The number of carbonyl (C=O) groups excluding carboxylic acids is 1. The van der Waals surface area contributed by atoms with Crippen LogP contribution in [-0.2, 0) is 4.74 Å². The van der Waals surface area contributed by atoms with E-state index in [9.17, 15) is 9.90 Å². The van der Waals surface area contributed by atoms with E-state index in [1.807, 2.05) is 20.8 Å². The first kappa shape index (κ1) is 13.3. The van der Waals surface area contributed by atoms with Gasteiger partial charge in [-0.25, -0.2) is 0 Å². The Morgan fingerprint density at radius 2 is 2.12 bits per heavy atom. The molecule has 1 rings (SSSR count). The normalized spacial score (nSPS) is 26.5. The first-order valence-corrected chi connectivity index (χ1v) is 5.66. The molecule has 1 amide bonds. The van der Waals surface area contributed by atoms with Crippen molar-refractivity contribution in [1.82, 2.24) is 4.90 Å². The zero-order valence-corrected chi connectivity index (χ0v) is 10.2. The van der Waals surface area contributed by atoms with Gasteiger partial charge in [-0.15, -0.1) is 0 Å². The highest BCUT2D eigenvalue weighted by molar-refractivity contribution is 5.63. The Hall–Kier alpha value is -0.810. The first-order chi connectivity index (χ1) is 7.30. The van der Waals surface area contributed by atoms with E-state index in [4.69, 9.17) is 10.5 Å². The van der Waals surface area contributed by atoms with E-state index >= 15 is 0 Å². The van der Waals surface area contributed by atoms with Crippen LogP contribution >= 0.6 is 0 Å². The summed E-state index contributed by atoms with van der Waals surface area (Å²) in [5, 5.41) is 11.0. The number of carboxylic acid groups (broad SMARTS) is 1. The molecular formula is C11H21N2O3-. The van der Waals surface area contributed by atoms with Crippen LogP contribution in [0.15, 0.2) is 0 Å². The van der Waals surface area contributed by atoms with Gasteiger partial charge in [0.15, 0.2) is 0 Å². The number of carbonyl (C=O) groups is 1. The van der Waals surface area contributed by atoms with Gasteiger partial charge in [-0.3, -0.25) is 0 Å². The Morgan fingerprint density at radius 3 is 2.50 bits per heavy atom. The monoisotopic (exact) mass is 229 g/mol. The quantitative estimate of drug-likeness (QED) is 0.719. The summed E-state index contributed by atoms with van der Waals surface area (Å²) in [6.07, 6.45) is 0.486. The van der Waals surface area contributed by atoms with Gasteiger partial charge in [0.25, 0.3) is 0 Å². The van der Waals surface area contributed by atoms with E-state index in [0.717, 1.165) is 12.8 Å². The molecule has 1 aliphatic rings. The summed E-state index contributed by atoms with van der Waals surface area (Å²) < 4.78 is 5.51. The van der Waals surface area contributed by atoms with E-state index in [-0.39, 0.29) is 12.1 Å². The highest BCUT2D eigenvalue weighted by Crippen LogP contribution is 2.18. The number of amides is 1. The molecule has 2 atom stereocenters. The number of nitrogens with two attached hydrogens (primary N) is 1. The average Bonchev–Trinajstić information content (AvgIpc) is 2.14. The van der Waals surface area contributed by atoms with Crippen LogP contribution in [0.1, 0.15) is 33.6 Å². The maximum absolute atomic E-state index is 11.0. The predicted molar refractivity (Wildman–Crippen MR) is 58.8 cm³/mol. The van der Waals surface area contributed by atoms with Crippen molar-refractivity contribution in [3.8, 4) is 0 Å². The Kier molecular flexibility index (Phi) is 4.15. The van der Waals surface area contributed by atoms with Crippen molar-refractivity contribution >= 4 is 6.09 Å². The maximum Gasteiger partial charge on any atom is 0.137 e. The van der Waals surface area contributed by atoms with Gasteiger partial charge in [0.2, 0.25) is 0 Å². The van der Waals surface area contributed by atoms with Crippen LogP contribution < -0.4 is 10.8 Å². The van der Waals surface area contributed by atoms with Gasteiger partial charge in [-0.05, 0) is 33.6 Å². The second kappa shape index (κ2) is 5.01. The minimum atomic E-state index is -1.15. The fourth-order valence-corrected chi connectivity index (χ4v) is 1.80. The smallest absolute Gasteiger partial charge is 0.137 e. The molecule has 0 aromatic carbocycles. The van der Waals surface area contributed by atoms with Gasteiger partial charge in [0.05, 0.1) is 12.7 Å². The van der Waals surface area contributed by atoms with Crippen LogP contribution in [0.4, 0.5) is 4.79 Å². The molecule has 5 heteroatoms. The number of hydrogen-bond acceptors (Lipinski definition) is 4. The largest absolute Gasteiger partial charge is 0.530 e. The third kappa shape index (κ3) is 3.64. The van der Waals surface area contributed by atoms with Crippen LogP contribution in [0.3, 0.4) is 0 Å². The summed E-state index contributed by atoms with van der Waals surface area (Å²) >= 11 is 0. The van der Waals surface area contributed by atoms with Gasteiger partial charge in [0.1, 0.15) is 6.09 Å². The maximum atomic E-state index is 11.0. The van der Waals surface area contributed by atoms with Crippen molar-refractivity contribution in [2.24, 2.45) is 5.73 Å². The third-order valence-corrected chi connectivity index (χ3v) is 2.82. The van der Waals surface area contributed by atoms with Crippen molar-refractivity contribution in [3.05, 3.63) is 0 Å². The minimum absolute atomic E-state index is 0.0584. The van der Waals surface area contributed by atoms with Crippen LogP contribution in [0, 0.1) is 0 Å². The zero-order valence-electron chi connectivity index (χ0n) is 10.2. The molecule has 1 saturated heterocycles. The summed E-state index contributed by atoms with van der Waals surface area (Å²) in [5.41, 5.74) is 5.25. The molecule has 1 aliphatic heterocycles. The SMILES string of the molecule is CC(C)(C)N(C[C@@H]1CC[C@@H](N)CO1)C(=O)[O-]. The lowest BCUT2D eigenvalue weighted by Gasteiger charge is -2.41. The number of nitrogens with zero attached hydrogens (tertiary/aromatic N) is 1. The summed E-state index contributed by atoms with van der Waals surface area (Å²) in [6.45, 7) is 6.40. The molecule has 0 spiro atoms. The van der Waals surface area contributed by atoms with Crippen LogP contribution in [-0.4, -0.2) is 41.8 Å². The molecule has 5 nitrogen and oxygen atoms in total. The first-order valence-electron chi connectivity index (χ1n) is 5.66. The molecule has 0 saturated carbocycles. The average molecular weight is 229 g/mol. The zero-order chi connectivity index (χ0) is 12.3. The van der Waals surface area contributed by atoms with Gasteiger partial charge in [-0.2, -0.15) is 0 Å². The van der Waals surface area contributed by atoms with Crippen molar-refractivity contribution in [2.75, 3.05) is 13.2 Å². The van der Waals surface area contributed by atoms with Crippen molar-refractivity contribution in [3.63, 3.8) is 0 Å². The molecule has 0 unspecified atom stereocenters. The standard InChI is InChI=1S/C11H22N2O3/c1-11(2,3)13(10(14)15)6-9-5-4-8(12)7-16-9/h8-9H,4-7,12H2,1-3H3,(H,14,15)/p-1/t8-,9+/m1/s1. The molecule has 2 N–H and O–H groups in total. The van der Waals surface area contributed by atoms with Gasteiger partial charge in [-0.1, -0.05) is 0 Å². The lowest BCUT2D eigenvalue weighted by Crippen LogP contribution is -2.55. The molecule has 0 aliphatic carbocycles. The number of hydrogen-bond donors (Lipinski definition) is 1. The summed E-state index contributed by atoms with van der Waals surface area (Å²) in [7, 11) is 0. The number of rotatable bonds is 2. The highest BCUT2D eigenvalue weighted by Gasteiger charge is 2.27. The van der Waals surface area contributed by atoms with Crippen LogP contribution in [0.25, 0.3) is 0 Å². The van der Waals surface area contributed by atoms with Gasteiger partial charge < -0.3 is 25.3 Å². The molecule has 1 heterocycles. The Morgan fingerprint density at radius 1 is 1.50 bits per heavy atom. The Labute approximate surface area is 96.6 Å². The highest BCUT2D eigenvalue weighted by atomic mass is 16.5. The fourth-order valence-electron chi connectivity index (χ4n) is 1.80. The van der Waals surface area contributed by atoms with E-state index in [1.165, 1.54) is 4.90 Å². The lowest BCUT2D eigenvalue weighted by atomic mass is 10.0. The van der Waals surface area contributed by atoms with E-state index in [1.54, 1.807) is 0 Å². The Balaban J connectivity index is 2.53. The Bertz CT molecular complexity index is 242. The van der Waals surface area contributed by atoms with Crippen LogP contribution in [0.2, 0.25) is 0 Å². The topological polar surface area (TPSA) is 78.6 Å². The molecule has 0 radical (unpaired) electrons.